The molecule has 1 aromatic carbocycles. The topological polar surface area (TPSA) is 66.3 Å². The van der Waals surface area contributed by atoms with Crippen LogP contribution in [-0.4, -0.2) is 39.5 Å². The van der Waals surface area contributed by atoms with Gasteiger partial charge in [-0.25, -0.2) is 9.97 Å². The predicted octanol–water partition coefficient (Wildman–Crippen LogP) is 1.98. The lowest BCUT2D eigenvalue weighted by Gasteiger charge is -2.19. The molecule has 1 aromatic heterocycles. The highest BCUT2D eigenvalue weighted by Gasteiger charge is 2.14. The fourth-order valence-electron chi connectivity index (χ4n) is 1.98. The maximum absolute atomic E-state index is 12.2. The zero-order chi connectivity index (χ0) is 15.2. The van der Waals surface area contributed by atoms with E-state index in [1.807, 2.05) is 30.3 Å². The zero-order valence-electron chi connectivity index (χ0n) is 12.2. The van der Waals surface area contributed by atoms with Crippen LogP contribution < -0.4 is 0 Å². The molecule has 1 amide bonds. The minimum absolute atomic E-state index is 0.143. The van der Waals surface area contributed by atoms with E-state index in [1.54, 1.807) is 18.9 Å². The average molecular weight is 285 g/mol. The SMILES string of the molecule is Cc1ncc(C(=O)N(C)CC[C@H](O)c2ccccc2)cn1. The van der Waals surface area contributed by atoms with Crippen molar-refractivity contribution in [3.63, 3.8) is 0 Å². The fraction of sp³-hybridized carbons (Fsp3) is 0.312. The van der Waals surface area contributed by atoms with Crippen molar-refractivity contribution in [3.05, 3.63) is 59.7 Å². The first-order valence-electron chi connectivity index (χ1n) is 6.85. The molecule has 21 heavy (non-hydrogen) atoms. The van der Waals surface area contributed by atoms with Crippen molar-refractivity contribution >= 4 is 5.91 Å². The largest absolute Gasteiger partial charge is 0.388 e. The quantitative estimate of drug-likeness (QED) is 0.912. The fourth-order valence-corrected chi connectivity index (χ4v) is 1.98. The van der Waals surface area contributed by atoms with Gasteiger partial charge >= 0.3 is 0 Å². The number of aliphatic hydroxyl groups is 1. The van der Waals surface area contributed by atoms with Gasteiger partial charge in [0.2, 0.25) is 0 Å². The van der Waals surface area contributed by atoms with Gasteiger partial charge in [0.1, 0.15) is 5.82 Å². The van der Waals surface area contributed by atoms with Gasteiger partial charge in [-0.2, -0.15) is 0 Å². The van der Waals surface area contributed by atoms with Crippen LogP contribution in [0.1, 0.15) is 34.3 Å². The third kappa shape index (κ3) is 4.10. The number of hydrogen-bond acceptors (Lipinski definition) is 4. The molecule has 0 radical (unpaired) electrons. The molecule has 1 atom stereocenters. The number of nitrogens with zero attached hydrogens (tertiary/aromatic N) is 3. The Balaban J connectivity index is 1.91. The summed E-state index contributed by atoms with van der Waals surface area (Å²) in [6, 6.07) is 9.43. The number of aryl methyl sites for hydroxylation is 1. The van der Waals surface area contributed by atoms with Gasteiger partial charge in [-0.1, -0.05) is 30.3 Å². The Bertz CT molecular complexity index is 584. The van der Waals surface area contributed by atoms with E-state index in [1.165, 1.54) is 12.4 Å². The van der Waals surface area contributed by atoms with Crippen LogP contribution in [0.15, 0.2) is 42.7 Å². The molecule has 5 nitrogen and oxygen atoms in total. The summed E-state index contributed by atoms with van der Waals surface area (Å²) in [4.78, 5) is 21.8. The van der Waals surface area contributed by atoms with E-state index in [4.69, 9.17) is 0 Å². The van der Waals surface area contributed by atoms with Crippen molar-refractivity contribution < 1.29 is 9.90 Å². The maximum Gasteiger partial charge on any atom is 0.256 e. The van der Waals surface area contributed by atoms with Crippen molar-refractivity contribution in [2.75, 3.05) is 13.6 Å². The highest BCUT2D eigenvalue weighted by molar-refractivity contribution is 5.93. The Morgan fingerprint density at radius 3 is 2.48 bits per heavy atom. The van der Waals surface area contributed by atoms with Crippen LogP contribution in [0.3, 0.4) is 0 Å². The summed E-state index contributed by atoms with van der Waals surface area (Å²) in [7, 11) is 1.71. The summed E-state index contributed by atoms with van der Waals surface area (Å²) in [5.41, 5.74) is 1.31. The van der Waals surface area contributed by atoms with Gasteiger partial charge in [0.25, 0.3) is 5.91 Å². The van der Waals surface area contributed by atoms with Crippen molar-refractivity contribution in [1.82, 2.24) is 14.9 Å². The number of amides is 1. The first kappa shape index (κ1) is 15.1. The van der Waals surface area contributed by atoms with Crippen molar-refractivity contribution in [1.29, 1.82) is 0 Å². The Kier molecular flexibility index (Phi) is 5.00. The Hall–Kier alpha value is -2.27. The summed E-state index contributed by atoms with van der Waals surface area (Å²) in [6.07, 6.45) is 2.96. The molecule has 0 unspecified atom stereocenters. The Labute approximate surface area is 124 Å². The molecule has 2 rings (SSSR count). The van der Waals surface area contributed by atoms with E-state index in [9.17, 15) is 9.90 Å². The van der Waals surface area contributed by atoms with Gasteiger partial charge in [-0.15, -0.1) is 0 Å². The standard InChI is InChI=1S/C16H19N3O2/c1-12-17-10-14(11-18-12)16(21)19(2)9-8-15(20)13-6-4-3-5-7-13/h3-7,10-11,15,20H,8-9H2,1-2H3/t15-/m0/s1. The molecule has 0 aliphatic rings. The van der Waals surface area contributed by atoms with Crippen molar-refractivity contribution in [2.45, 2.75) is 19.4 Å². The minimum Gasteiger partial charge on any atom is -0.388 e. The van der Waals surface area contributed by atoms with Crippen LogP contribution in [0.25, 0.3) is 0 Å². The number of aromatic nitrogens is 2. The second kappa shape index (κ2) is 6.95. The first-order valence-corrected chi connectivity index (χ1v) is 6.85. The number of benzene rings is 1. The number of rotatable bonds is 5. The van der Waals surface area contributed by atoms with Gasteiger partial charge in [0.15, 0.2) is 0 Å². The average Bonchev–Trinajstić information content (AvgIpc) is 2.53. The van der Waals surface area contributed by atoms with Crippen LogP contribution in [0.5, 0.6) is 0 Å². The molecule has 2 aromatic rings. The van der Waals surface area contributed by atoms with E-state index in [0.717, 1.165) is 5.56 Å². The van der Waals surface area contributed by atoms with Gasteiger partial charge < -0.3 is 10.0 Å². The molecule has 1 N–H and O–H groups in total. The lowest BCUT2D eigenvalue weighted by atomic mass is 10.1. The van der Waals surface area contributed by atoms with Crippen LogP contribution >= 0.6 is 0 Å². The summed E-state index contributed by atoms with van der Waals surface area (Å²) in [5, 5.41) is 10.1. The van der Waals surface area contributed by atoms with E-state index in [0.29, 0.717) is 24.4 Å². The molecule has 0 aliphatic carbocycles. The second-order valence-corrected chi connectivity index (χ2v) is 4.96. The molecule has 0 saturated carbocycles. The van der Waals surface area contributed by atoms with Crippen LogP contribution in [0.2, 0.25) is 0 Å². The third-order valence-electron chi connectivity index (χ3n) is 3.30. The monoisotopic (exact) mass is 285 g/mol. The summed E-state index contributed by atoms with van der Waals surface area (Å²) >= 11 is 0. The van der Waals surface area contributed by atoms with Crippen molar-refractivity contribution in [3.8, 4) is 0 Å². The number of carbonyl (C=O) groups is 1. The van der Waals surface area contributed by atoms with E-state index in [-0.39, 0.29) is 5.91 Å². The molecule has 5 heteroatoms. The molecular weight excluding hydrogens is 266 g/mol. The molecule has 0 aliphatic heterocycles. The number of aliphatic hydroxyl groups excluding tert-OH is 1. The zero-order valence-corrected chi connectivity index (χ0v) is 12.2. The normalized spacial score (nSPS) is 12.0. The molecule has 0 saturated heterocycles. The van der Waals surface area contributed by atoms with Crippen LogP contribution in [0.4, 0.5) is 0 Å². The Morgan fingerprint density at radius 2 is 1.86 bits per heavy atom. The lowest BCUT2D eigenvalue weighted by molar-refractivity contribution is 0.0760. The number of hydrogen-bond donors (Lipinski definition) is 1. The third-order valence-corrected chi connectivity index (χ3v) is 3.30. The maximum atomic E-state index is 12.2. The van der Waals surface area contributed by atoms with Crippen LogP contribution in [0, 0.1) is 6.92 Å². The highest BCUT2D eigenvalue weighted by atomic mass is 16.3. The van der Waals surface area contributed by atoms with Gasteiger partial charge in [-0.3, -0.25) is 4.79 Å². The van der Waals surface area contributed by atoms with E-state index in [2.05, 4.69) is 9.97 Å². The first-order chi connectivity index (χ1) is 10.1. The smallest absolute Gasteiger partial charge is 0.256 e. The molecular formula is C16H19N3O2. The van der Waals surface area contributed by atoms with E-state index < -0.39 is 6.10 Å². The summed E-state index contributed by atoms with van der Waals surface area (Å²) < 4.78 is 0. The van der Waals surface area contributed by atoms with Crippen LogP contribution in [-0.2, 0) is 0 Å². The molecule has 110 valence electrons. The molecule has 0 bridgehead atoms. The van der Waals surface area contributed by atoms with E-state index >= 15 is 0 Å². The molecule has 1 heterocycles. The predicted molar refractivity (Wildman–Crippen MR) is 79.7 cm³/mol. The molecule has 0 spiro atoms. The van der Waals surface area contributed by atoms with Gasteiger partial charge in [-0.05, 0) is 18.9 Å². The van der Waals surface area contributed by atoms with Crippen molar-refractivity contribution in [2.24, 2.45) is 0 Å². The minimum atomic E-state index is -0.573. The van der Waals surface area contributed by atoms with Gasteiger partial charge in [0.05, 0.1) is 11.7 Å². The summed E-state index contributed by atoms with van der Waals surface area (Å²) in [5.74, 6) is 0.490. The lowest BCUT2D eigenvalue weighted by Crippen LogP contribution is -2.29. The van der Waals surface area contributed by atoms with Gasteiger partial charge in [0, 0.05) is 26.0 Å². The summed E-state index contributed by atoms with van der Waals surface area (Å²) in [6.45, 7) is 2.23. The molecule has 0 fully saturated rings. The second-order valence-electron chi connectivity index (χ2n) is 4.96. The number of carbonyl (C=O) groups excluding carboxylic acids is 1. The highest BCUT2D eigenvalue weighted by Crippen LogP contribution is 2.16. The Morgan fingerprint density at radius 1 is 1.24 bits per heavy atom.